The van der Waals surface area contributed by atoms with Gasteiger partial charge in [-0.25, -0.2) is 0 Å². The third kappa shape index (κ3) is 2.70. The van der Waals surface area contributed by atoms with E-state index < -0.39 is 0 Å². The molecule has 0 aliphatic heterocycles. The number of nitrogens with zero attached hydrogens (tertiary/aromatic N) is 1. The van der Waals surface area contributed by atoms with Crippen LogP contribution in [0.5, 0.6) is 0 Å². The molecule has 0 aliphatic carbocycles. The van der Waals surface area contributed by atoms with Crippen molar-refractivity contribution in [2.75, 3.05) is 11.9 Å². The van der Waals surface area contributed by atoms with E-state index in [1.54, 1.807) is 6.20 Å². The van der Waals surface area contributed by atoms with Crippen LogP contribution in [0, 0.1) is 6.92 Å². The van der Waals surface area contributed by atoms with Crippen LogP contribution in [-0.2, 0) is 0 Å². The van der Waals surface area contributed by atoms with E-state index in [9.17, 15) is 0 Å². The minimum atomic E-state index is -0.0756. The monoisotopic (exact) mass is 179 g/mol. The van der Waals surface area contributed by atoms with Crippen molar-refractivity contribution in [2.24, 2.45) is 5.73 Å². The van der Waals surface area contributed by atoms with E-state index in [0.717, 1.165) is 5.69 Å². The maximum absolute atomic E-state index is 5.62. The molecule has 0 spiro atoms. The van der Waals surface area contributed by atoms with Gasteiger partial charge < -0.3 is 11.1 Å². The van der Waals surface area contributed by atoms with Crippen molar-refractivity contribution in [1.82, 2.24) is 4.98 Å². The molecule has 0 fully saturated rings. The van der Waals surface area contributed by atoms with Crippen LogP contribution in [-0.4, -0.2) is 17.1 Å². The Hall–Kier alpha value is -1.09. The largest absolute Gasteiger partial charge is 0.377 e. The molecule has 1 heterocycles. The first-order valence-electron chi connectivity index (χ1n) is 4.44. The molecule has 1 rings (SSSR count). The molecule has 13 heavy (non-hydrogen) atoms. The minimum Gasteiger partial charge on any atom is -0.377 e. The highest BCUT2D eigenvalue weighted by Crippen LogP contribution is 2.16. The van der Waals surface area contributed by atoms with E-state index in [1.807, 2.05) is 12.3 Å². The molecule has 72 valence electrons. The second-order valence-corrected chi connectivity index (χ2v) is 3.90. The van der Waals surface area contributed by atoms with Gasteiger partial charge in [-0.15, -0.1) is 0 Å². The molecular weight excluding hydrogens is 162 g/mol. The Bertz CT molecular complexity index is 281. The van der Waals surface area contributed by atoms with Crippen LogP contribution in [0.4, 0.5) is 5.69 Å². The molecule has 3 N–H and O–H groups in total. The molecule has 3 heteroatoms. The minimum absolute atomic E-state index is 0.0756. The molecule has 3 nitrogen and oxygen atoms in total. The summed E-state index contributed by atoms with van der Waals surface area (Å²) in [5, 5.41) is 3.35. The van der Waals surface area contributed by atoms with Crippen LogP contribution in [0.2, 0.25) is 0 Å². The van der Waals surface area contributed by atoms with E-state index in [2.05, 4.69) is 31.1 Å². The number of aromatic nitrogens is 1. The molecule has 1 aromatic heterocycles. The summed E-state index contributed by atoms with van der Waals surface area (Å²) in [7, 11) is 0. The fourth-order valence-corrected chi connectivity index (χ4v) is 1.01. The maximum Gasteiger partial charge on any atom is 0.0560 e. The fourth-order valence-electron chi connectivity index (χ4n) is 1.01. The lowest BCUT2D eigenvalue weighted by Crippen LogP contribution is -2.39. The molecule has 0 unspecified atom stereocenters. The number of nitrogens with two attached hydrogens (primary N) is 1. The summed E-state index contributed by atoms with van der Waals surface area (Å²) in [6.45, 7) is 6.79. The number of pyridine rings is 1. The molecule has 1 aromatic rings. The van der Waals surface area contributed by atoms with Gasteiger partial charge in [0.15, 0.2) is 0 Å². The van der Waals surface area contributed by atoms with Crippen LogP contribution < -0.4 is 11.1 Å². The van der Waals surface area contributed by atoms with Gasteiger partial charge in [0.25, 0.3) is 0 Å². The summed E-state index contributed by atoms with van der Waals surface area (Å²) in [6.07, 6.45) is 3.61. The lowest BCUT2D eigenvalue weighted by Gasteiger charge is -2.26. The molecule has 0 radical (unpaired) electrons. The summed E-state index contributed by atoms with van der Waals surface area (Å²) in [5.74, 6) is 0. The van der Waals surface area contributed by atoms with Gasteiger partial charge in [0.1, 0.15) is 0 Å². The first-order valence-corrected chi connectivity index (χ1v) is 4.44. The Labute approximate surface area is 79.4 Å². The highest BCUT2D eigenvalue weighted by Gasteiger charge is 2.15. The van der Waals surface area contributed by atoms with Crippen molar-refractivity contribution < 1.29 is 0 Å². The number of hydrogen-bond donors (Lipinski definition) is 2. The fraction of sp³-hybridized carbons (Fsp3) is 0.500. The highest BCUT2D eigenvalue weighted by molar-refractivity contribution is 5.49. The van der Waals surface area contributed by atoms with Gasteiger partial charge in [0, 0.05) is 18.3 Å². The maximum atomic E-state index is 5.62. The van der Waals surface area contributed by atoms with Crippen LogP contribution in [0.15, 0.2) is 18.5 Å². The second-order valence-electron chi connectivity index (χ2n) is 3.90. The summed E-state index contributed by atoms with van der Waals surface area (Å²) < 4.78 is 0. The zero-order chi connectivity index (χ0) is 9.90. The summed E-state index contributed by atoms with van der Waals surface area (Å²) in [6, 6.07) is 1.98. The molecule has 0 aromatic carbocycles. The first kappa shape index (κ1) is 9.99. The highest BCUT2D eigenvalue weighted by atomic mass is 15.0. The second kappa shape index (κ2) is 3.75. The van der Waals surface area contributed by atoms with Crippen molar-refractivity contribution >= 4 is 5.69 Å². The Morgan fingerprint density at radius 2 is 2.23 bits per heavy atom. The SMILES string of the molecule is Cc1ccncc1NC(C)(C)CN. The number of rotatable bonds is 3. The van der Waals surface area contributed by atoms with Crippen molar-refractivity contribution in [3.05, 3.63) is 24.0 Å². The van der Waals surface area contributed by atoms with E-state index in [1.165, 1.54) is 5.56 Å². The van der Waals surface area contributed by atoms with E-state index in [0.29, 0.717) is 6.54 Å². The molecule has 0 amide bonds. The lowest BCUT2D eigenvalue weighted by molar-refractivity contribution is 0.579. The number of aryl methyl sites for hydroxylation is 1. The van der Waals surface area contributed by atoms with E-state index in [-0.39, 0.29) is 5.54 Å². The van der Waals surface area contributed by atoms with Gasteiger partial charge in [-0.2, -0.15) is 0 Å². The normalized spacial score (nSPS) is 11.4. The molecule has 0 aliphatic rings. The van der Waals surface area contributed by atoms with Crippen molar-refractivity contribution in [1.29, 1.82) is 0 Å². The average molecular weight is 179 g/mol. The standard InChI is InChI=1S/C10H17N3/c1-8-4-5-12-6-9(8)13-10(2,3)7-11/h4-6,13H,7,11H2,1-3H3. The van der Waals surface area contributed by atoms with Gasteiger partial charge in [-0.3, -0.25) is 4.98 Å². The third-order valence-electron chi connectivity index (χ3n) is 2.02. The van der Waals surface area contributed by atoms with E-state index >= 15 is 0 Å². The predicted octanol–water partition coefficient (Wildman–Crippen LogP) is 1.54. The van der Waals surface area contributed by atoms with Crippen molar-refractivity contribution in [3.63, 3.8) is 0 Å². The van der Waals surface area contributed by atoms with Gasteiger partial charge in [-0.05, 0) is 32.4 Å². The van der Waals surface area contributed by atoms with Crippen LogP contribution in [0.3, 0.4) is 0 Å². The van der Waals surface area contributed by atoms with E-state index in [4.69, 9.17) is 5.73 Å². The summed E-state index contributed by atoms with van der Waals surface area (Å²) in [4.78, 5) is 4.06. The summed E-state index contributed by atoms with van der Waals surface area (Å²) in [5.41, 5.74) is 7.79. The van der Waals surface area contributed by atoms with Crippen molar-refractivity contribution in [3.8, 4) is 0 Å². The van der Waals surface area contributed by atoms with Gasteiger partial charge >= 0.3 is 0 Å². The van der Waals surface area contributed by atoms with Gasteiger partial charge in [-0.1, -0.05) is 0 Å². The predicted molar refractivity (Wildman–Crippen MR) is 55.7 cm³/mol. The Balaban J connectivity index is 2.80. The summed E-state index contributed by atoms with van der Waals surface area (Å²) >= 11 is 0. The van der Waals surface area contributed by atoms with Gasteiger partial charge in [0.2, 0.25) is 0 Å². The topological polar surface area (TPSA) is 50.9 Å². The first-order chi connectivity index (χ1) is 6.05. The Morgan fingerprint density at radius 3 is 2.77 bits per heavy atom. The number of nitrogens with one attached hydrogen (secondary N) is 1. The third-order valence-corrected chi connectivity index (χ3v) is 2.02. The zero-order valence-corrected chi connectivity index (χ0v) is 8.46. The van der Waals surface area contributed by atoms with Crippen molar-refractivity contribution in [2.45, 2.75) is 26.3 Å². The molecule has 0 saturated carbocycles. The smallest absolute Gasteiger partial charge is 0.0560 e. The van der Waals surface area contributed by atoms with Crippen LogP contribution >= 0.6 is 0 Å². The quantitative estimate of drug-likeness (QED) is 0.740. The molecule has 0 bridgehead atoms. The molecule has 0 saturated heterocycles. The number of hydrogen-bond acceptors (Lipinski definition) is 3. The van der Waals surface area contributed by atoms with Crippen LogP contribution in [0.25, 0.3) is 0 Å². The molecular formula is C10H17N3. The lowest BCUT2D eigenvalue weighted by atomic mass is 10.1. The Kier molecular flexibility index (Phi) is 2.88. The number of anilines is 1. The molecule has 0 atom stereocenters. The Morgan fingerprint density at radius 1 is 1.54 bits per heavy atom. The average Bonchev–Trinajstić information content (AvgIpc) is 2.09. The zero-order valence-electron chi connectivity index (χ0n) is 8.46. The van der Waals surface area contributed by atoms with Crippen LogP contribution in [0.1, 0.15) is 19.4 Å². The van der Waals surface area contributed by atoms with Gasteiger partial charge in [0.05, 0.1) is 11.9 Å².